The third kappa shape index (κ3) is 17.4. The van der Waals surface area contributed by atoms with Gasteiger partial charge < -0.3 is 16.0 Å². The van der Waals surface area contributed by atoms with Crippen LogP contribution in [0.15, 0.2) is 24.3 Å². The third-order valence-electron chi connectivity index (χ3n) is 6.07. The third-order valence-corrected chi connectivity index (χ3v) is 6.07. The van der Waals surface area contributed by atoms with E-state index in [1.165, 1.54) is 83.5 Å². The van der Waals surface area contributed by atoms with E-state index in [2.05, 4.69) is 22.9 Å². The minimum atomic E-state index is 0.0176. The fraction of sp³-hybridized carbons (Fsp3) is 0.724. The van der Waals surface area contributed by atoms with Crippen LogP contribution >= 0.6 is 0 Å². The summed E-state index contributed by atoms with van der Waals surface area (Å²) in [6, 6.07) is 7.47. The van der Waals surface area contributed by atoms with Crippen molar-refractivity contribution in [2.24, 2.45) is 5.92 Å². The Balaban J connectivity index is 1.94. The van der Waals surface area contributed by atoms with Gasteiger partial charge in [0, 0.05) is 24.3 Å². The zero-order chi connectivity index (χ0) is 24.9. The average molecular weight is 474 g/mol. The van der Waals surface area contributed by atoms with Crippen LogP contribution in [0.4, 0.5) is 11.4 Å². The Morgan fingerprint density at radius 2 is 1.15 bits per heavy atom. The summed E-state index contributed by atoms with van der Waals surface area (Å²) in [5, 5.41) is 9.02. The fourth-order valence-corrected chi connectivity index (χ4v) is 4.05. The molecule has 1 aromatic carbocycles. The predicted molar refractivity (Wildman–Crippen MR) is 146 cm³/mol. The molecule has 34 heavy (non-hydrogen) atoms. The molecule has 5 nitrogen and oxygen atoms in total. The fourth-order valence-electron chi connectivity index (χ4n) is 4.05. The molecule has 0 atom stereocenters. The molecule has 3 N–H and O–H groups in total. The van der Waals surface area contributed by atoms with Gasteiger partial charge in [-0.15, -0.1) is 0 Å². The van der Waals surface area contributed by atoms with E-state index in [9.17, 15) is 9.59 Å². The first-order valence-electron chi connectivity index (χ1n) is 13.9. The lowest BCUT2D eigenvalue weighted by atomic mass is 10.0. The number of nitrogens with one attached hydrogen (secondary N) is 3. The summed E-state index contributed by atoms with van der Waals surface area (Å²) in [6.45, 7) is 7.33. The van der Waals surface area contributed by atoms with Crippen LogP contribution in [0.25, 0.3) is 0 Å². The van der Waals surface area contributed by atoms with Gasteiger partial charge in [-0.3, -0.25) is 9.59 Å². The van der Waals surface area contributed by atoms with Crippen molar-refractivity contribution in [2.45, 2.75) is 117 Å². The van der Waals surface area contributed by atoms with Gasteiger partial charge in [0.05, 0.1) is 6.54 Å². The van der Waals surface area contributed by atoms with E-state index >= 15 is 0 Å². The van der Waals surface area contributed by atoms with Gasteiger partial charge in [0.15, 0.2) is 0 Å². The van der Waals surface area contributed by atoms with E-state index in [4.69, 9.17) is 0 Å². The van der Waals surface area contributed by atoms with Crippen LogP contribution in [0.2, 0.25) is 0 Å². The molecule has 0 aliphatic carbocycles. The normalized spacial score (nSPS) is 10.9. The van der Waals surface area contributed by atoms with Crippen LogP contribution in [-0.4, -0.2) is 24.9 Å². The molecule has 0 bridgehead atoms. The second kappa shape index (κ2) is 20.3. The van der Waals surface area contributed by atoms with Crippen molar-refractivity contribution in [2.75, 3.05) is 23.7 Å². The molecule has 1 rings (SSSR count). The Labute approximate surface area is 209 Å². The van der Waals surface area contributed by atoms with Gasteiger partial charge in [-0.1, -0.05) is 104 Å². The van der Waals surface area contributed by atoms with Gasteiger partial charge in [0.25, 0.3) is 0 Å². The maximum Gasteiger partial charge on any atom is 0.239 e. The number of rotatable bonds is 21. The number of hydrogen-bond donors (Lipinski definition) is 3. The lowest BCUT2D eigenvalue weighted by Crippen LogP contribution is -2.30. The first kappa shape index (κ1) is 30.0. The maximum absolute atomic E-state index is 12.0. The lowest BCUT2D eigenvalue weighted by molar-refractivity contribution is -0.119. The molecule has 0 aliphatic rings. The van der Waals surface area contributed by atoms with Crippen molar-refractivity contribution in [1.29, 1.82) is 0 Å². The van der Waals surface area contributed by atoms with Gasteiger partial charge in [0.1, 0.15) is 0 Å². The van der Waals surface area contributed by atoms with Gasteiger partial charge in [0.2, 0.25) is 11.8 Å². The number of unbranched alkanes of at least 4 members (excludes halogenated alkanes) is 13. The van der Waals surface area contributed by atoms with Crippen molar-refractivity contribution in [3.63, 3.8) is 0 Å². The minimum absolute atomic E-state index is 0.0176. The van der Waals surface area contributed by atoms with E-state index in [0.29, 0.717) is 12.3 Å². The number of amides is 2. The van der Waals surface area contributed by atoms with E-state index in [-0.39, 0.29) is 18.4 Å². The molecule has 0 unspecified atom stereocenters. The van der Waals surface area contributed by atoms with Crippen molar-refractivity contribution >= 4 is 23.2 Å². The molecule has 0 aromatic heterocycles. The summed E-state index contributed by atoms with van der Waals surface area (Å²) in [5.74, 6) is 0.381. The SMILES string of the molecule is CCCCCCCCCCCCCCCCNC(=O)CNc1ccc(NC(=O)CC(C)C)cc1. The average Bonchev–Trinajstić information content (AvgIpc) is 2.80. The molecule has 0 saturated carbocycles. The van der Waals surface area contributed by atoms with Crippen LogP contribution < -0.4 is 16.0 Å². The highest BCUT2D eigenvalue weighted by Crippen LogP contribution is 2.15. The van der Waals surface area contributed by atoms with Gasteiger partial charge in [-0.25, -0.2) is 0 Å². The Morgan fingerprint density at radius 3 is 1.65 bits per heavy atom. The summed E-state index contributed by atoms with van der Waals surface area (Å²) in [6.07, 6.45) is 19.3. The largest absolute Gasteiger partial charge is 0.376 e. The summed E-state index contributed by atoms with van der Waals surface area (Å²) in [5.41, 5.74) is 1.65. The lowest BCUT2D eigenvalue weighted by Gasteiger charge is -2.10. The maximum atomic E-state index is 12.0. The van der Waals surface area contributed by atoms with Crippen LogP contribution in [0, 0.1) is 5.92 Å². The highest BCUT2D eigenvalue weighted by molar-refractivity contribution is 5.91. The van der Waals surface area contributed by atoms with Crippen LogP contribution in [0.1, 0.15) is 117 Å². The molecule has 0 aliphatic heterocycles. The minimum Gasteiger partial charge on any atom is -0.376 e. The van der Waals surface area contributed by atoms with E-state index in [1.54, 1.807) is 0 Å². The number of benzene rings is 1. The quantitative estimate of drug-likeness (QED) is 0.160. The molecular weight excluding hydrogens is 422 g/mol. The number of carbonyl (C=O) groups excluding carboxylic acids is 2. The van der Waals surface area contributed by atoms with Crippen LogP contribution in [-0.2, 0) is 9.59 Å². The first-order chi connectivity index (χ1) is 16.5. The molecular formula is C29H51N3O2. The molecule has 5 heteroatoms. The van der Waals surface area contributed by atoms with Gasteiger partial charge >= 0.3 is 0 Å². The summed E-state index contributed by atoms with van der Waals surface area (Å²) >= 11 is 0. The Kier molecular flexibility index (Phi) is 17.9. The van der Waals surface area contributed by atoms with E-state index < -0.39 is 0 Å². The number of carbonyl (C=O) groups is 2. The van der Waals surface area contributed by atoms with Crippen molar-refractivity contribution in [3.05, 3.63) is 24.3 Å². The van der Waals surface area contributed by atoms with E-state index in [0.717, 1.165) is 24.3 Å². The topological polar surface area (TPSA) is 70.2 Å². The summed E-state index contributed by atoms with van der Waals surface area (Å²) in [4.78, 5) is 23.9. The molecule has 0 spiro atoms. The summed E-state index contributed by atoms with van der Waals surface area (Å²) in [7, 11) is 0. The zero-order valence-electron chi connectivity index (χ0n) is 22.2. The van der Waals surface area contributed by atoms with Gasteiger partial charge in [-0.05, 0) is 36.6 Å². The first-order valence-corrected chi connectivity index (χ1v) is 13.9. The summed E-state index contributed by atoms with van der Waals surface area (Å²) < 4.78 is 0. The van der Waals surface area contributed by atoms with Crippen molar-refractivity contribution in [3.8, 4) is 0 Å². The molecule has 194 valence electrons. The molecule has 0 saturated heterocycles. The Bertz CT molecular complexity index is 643. The highest BCUT2D eigenvalue weighted by atomic mass is 16.2. The molecule has 2 amide bonds. The zero-order valence-corrected chi connectivity index (χ0v) is 22.2. The van der Waals surface area contributed by atoms with Crippen LogP contribution in [0.3, 0.4) is 0 Å². The number of hydrogen-bond acceptors (Lipinski definition) is 3. The monoisotopic (exact) mass is 473 g/mol. The van der Waals surface area contributed by atoms with Crippen molar-refractivity contribution in [1.82, 2.24) is 5.32 Å². The standard InChI is InChI=1S/C29H51N3O2/c1-4-5-6-7-8-9-10-11-12-13-14-15-16-17-22-30-29(34)24-31-26-18-20-27(21-19-26)32-28(33)23-25(2)3/h18-21,25,31H,4-17,22-24H2,1-3H3,(H,30,34)(H,32,33). The van der Waals surface area contributed by atoms with Gasteiger partial charge in [-0.2, -0.15) is 0 Å². The molecule has 0 heterocycles. The highest BCUT2D eigenvalue weighted by Gasteiger charge is 2.05. The Morgan fingerprint density at radius 1 is 0.676 bits per heavy atom. The van der Waals surface area contributed by atoms with Crippen LogP contribution in [0.5, 0.6) is 0 Å². The second-order valence-electron chi connectivity index (χ2n) is 10.0. The molecule has 1 aromatic rings. The van der Waals surface area contributed by atoms with Crippen molar-refractivity contribution < 1.29 is 9.59 Å². The van der Waals surface area contributed by atoms with E-state index in [1.807, 2.05) is 38.1 Å². The smallest absolute Gasteiger partial charge is 0.239 e. The number of anilines is 2. The molecule has 0 fully saturated rings. The predicted octanol–water partition coefficient (Wildman–Crippen LogP) is 7.68. The molecule has 0 radical (unpaired) electrons. The Hall–Kier alpha value is -2.04. The second-order valence-corrected chi connectivity index (χ2v) is 10.0.